The van der Waals surface area contributed by atoms with Gasteiger partial charge >= 0.3 is 5.97 Å². The molecular weight excluding hydrogens is 332 g/mol. The predicted molar refractivity (Wildman–Crippen MR) is 85.7 cm³/mol. The van der Waals surface area contributed by atoms with Gasteiger partial charge in [0, 0.05) is 0 Å². The Hall–Kier alpha value is -1.55. The summed E-state index contributed by atoms with van der Waals surface area (Å²) in [6, 6.07) is 9.44. The van der Waals surface area contributed by atoms with E-state index in [1.54, 1.807) is 0 Å². The quantitative estimate of drug-likeness (QED) is 0.412. The van der Waals surface area contributed by atoms with Crippen molar-refractivity contribution in [1.29, 1.82) is 0 Å². The molecule has 8 nitrogen and oxygen atoms in total. The molecule has 1 saturated heterocycles. The first-order chi connectivity index (χ1) is 11.9. The highest BCUT2D eigenvalue weighted by Gasteiger charge is 2.44. The van der Waals surface area contributed by atoms with E-state index in [0.717, 1.165) is 5.56 Å². The number of aliphatic hydroxyl groups excluding tert-OH is 4. The molecule has 0 radical (unpaired) electrons. The lowest BCUT2D eigenvalue weighted by atomic mass is 9.99. The summed E-state index contributed by atoms with van der Waals surface area (Å²) in [6.07, 6.45) is -7.16. The first kappa shape index (κ1) is 19.8. The number of hydrogen-bond donors (Lipinski definition) is 5. The maximum atomic E-state index is 11.1. The summed E-state index contributed by atoms with van der Waals surface area (Å²) in [4.78, 5) is 11.1. The molecule has 1 aliphatic heterocycles. The van der Waals surface area contributed by atoms with Crippen molar-refractivity contribution in [1.82, 2.24) is 0 Å². The summed E-state index contributed by atoms with van der Waals surface area (Å²) < 4.78 is 10.8. The number of ether oxygens (including phenoxy) is 2. The lowest BCUT2D eigenvalue weighted by molar-refractivity contribution is -0.311. The van der Waals surface area contributed by atoms with Crippen LogP contribution >= 0.6 is 0 Å². The van der Waals surface area contributed by atoms with Crippen molar-refractivity contribution in [3.8, 4) is 0 Å². The maximum absolute atomic E-state index is 11.1. The molecule has 1 aromatic rings. The number of aliphatic hydroxyl groups is 4. The van der Waals surface area contributed by atoms with Gasteiger partial charge in [-0.1, -0.05) is 30.3 Å². The molecule has 2 rings (SSSR count). The van der Waals surface area contributed by atoms with Gasteiger partial charge in [-0.3, -0.25) is 4.79 Å². The third kappa shape index (κ3) is 5.46. The smallest absolute Gasteiger partial charge is 0.305 e. The van der Waals surface area contributed by atoms with E-state index in [-0.39, 0.29) is 6.42 Å². The second-order valence-electron chi connectivity index (χ2n) is 6.08. The zero-order valence-corrected chi connectivity index (χ0v) is 13.6. The second kappa shape index (κ2) is 9.23. The molecule has 8 heteroatoms. The molecule has 5 N–H and O–H groups in total. The van der Waals surface area contributed by atoms with Crippen LogP contribution in [0.3, 0.4) is 0 Å². The van der Waals surface area contributed by atoms with Crippen molar-refractivity contribution in [3.63, 3.8) is 0 Å². The van der Waals surface area contributed by atoms with Crippen LogP contribution in [-0.4, -0.2) is 74.9 Å². The zero-order valence-electron chi connectivity index (χ0n) is 13.6. The van der Waals surface area contributed by atoms with Crippen molar-refractivity contribution in [3.05, 3.63) is 35.9 Å². The molecule has 0 aliphatic carbocycles. The minimum Gasteiger partial charge on any atom is -0.481 e. The molecule has 1 aromatic carbocycles. The second-order valence-corrected chi connectivity index (χ2v) is 6.08. The number of rotatable bonds is 8. The Balaban J connectivity index is 2.01. The first-order valence-electron chi connectivity index (χ1n) is 8.14. The van der Waals surface area contributed by atoms with E-state index in [9.17, 15) is 25.2 Å². The van der Waals surface area contributed by atoms with Crippen molar-refractivity contribution < 1.29 is 39.8 Å². The standard InChI is InChI=1S/C17H24O8/c18-9-12-14(21)15(22)16(23)17(25-12)24-11(8-13(19)20)7-6-10-4-2-1-3-5-10/h1-5,11-12,14-18,21-23H,6-9H2,(H,19,20)/t11-,12-,14+,15+,16+,17-/m0/s1. The van der Waals surface area contributed by atoms with E-state index in [1.165, 1.54) is 0 Å². The Bertz CT molecular complexity index is 535. The summed E-state index contributed by atoms with van der Waals surface area (Å²) in [5.74, 6) is -1.07. The number of carbonyl (C=O) groups is 1. The Morgan fingerprint density at radius 2 is 1.80 bits per heavy atom. The highest BCUT2D eigenvalue weighted by Crippen LogP contribution is 2.24. The van der Waals surface area contributed by atoms with E-state index in [1.807, 2.05) is 30.3 Å². The number of carboxylic acids is 1. The summed E-state index contributed by atoms with van der Waals surface area (Å²) in [5, 5.41) is 47.8. The molecule has 0 saturated carbocycles. The van der Waals surface area contributed by atoms with Crippen LogP contribution in [0.4, 0.5) is 0 Å². The molecule has 0 aromatic heterocycles. The minimum atomic E-state index is -1.56. The summed E-state index contributed by atoms with van der Waals surface area (Å²) >= 11 is 0. The molecule has 1 heterocycles. The Morgan fingerprint density at radius 1 is 1.12 bits per heavy atom. The topological polar surface area (TPSA) is 137 Å². The minimum absolute atomic E-state index is 0.304. The summed E-state index contributed by atoms with van der Waals surface area (Å²) in [7, 11) is 0. The molecule has 0 unspecified atom stereocenters. The fraction of sp³-hybridized carbons (Fsp3) is 0.588. The van der Waals surface area contributed by atoms with Gasteiger partial charge < -0.3 is 35.0 Å². The van der Waals surface area contributed by atoms with E-state index >= 15 is 0 Å². The average molecular weight is 356 g/mol. The number of aliphatic carboxylic acids is 1. The van der Waals surface area contributed by atoms with Crippen LogP contribution < -0.4 is 0 Å². The van der Waals surface area contributed by atoms with Gasteiger partial charge in [-0.05, 0) is 18.4 Å². The molecule has 0 bridgehead atoms. The molecule has 6 atom stereocenters. The monoisotopic (exact) mass is 356 g/mol. The predicted octanol–water partition coefficient (Wildman–Crippen LogP) is -0.721. The van der Waals surface area contributed by atoms with Crippen LogP contribution in [0, 0.1) is 0 Å². The van der Waals surface area contributed by atoms with Crippen LogP contribution in [-0.2, 0) is 20.7 Å². The Labute approximate surface area is 145 Å². The van der Waals surface area contributed by atoms with Gasteiger partial charge in [0.2, 0.25) is 0 Å². The van der Waals surface area contributed by atoms with E-state index < -0.39 is 49.4 Å². The number of benzene rings is 1. The van der Waals surface area contributed by atoms with Crippen molar-refractivity contribution >= 4 is 5.97 Å². The van der Waals surface area contributed by atoms with Crippen LogP contribution in [0.25, 0.3) is 0 Å². The molecule has 140 valence electrons. The fourth-order valence-corrected chi connectivity index (χ4v) is 2.75. The van der Waals surface area contributed by atoms with E-state index in [0.29, 0.717) is 12.8 Å². The first-order valence-corrected chi connectivity index (χ1v) is 8.14. The highest BCUT2D eigenvalue weighted by atomic mass is 16.7. The molecule has 1 aliphatic rings. The van der Waals surface area contributed by atoms with Crippen LogP contribution in [0.2, 0.25) is 0 Å². The largest absolute Gasteiger partial charge is 0.481 e. The van der Waals surface area contributed by atoms with Crippen molar-refractivity contribution in [2.45, 2.75) is 56.1 Å². The van der Waals surface area contributed by atoms with Gasteiger partial charge in [0.25, 0.3) is 0 Å². The number of carboxylic acid groups (broad SMARTS) is 1. The number of hydrogen-bond acceptors (Lipinski definition) is 7. The molecule has 1 fully saturated rings. The summed E-state index contributed by atoms with van der Waals surface area (Å²) in [5.41, 5.74) is 1.01. The van der Waals surface area contributed by atoms with Crippen molar-refractivity contribution in [2.75, 3.05) is 6.61 Å². The molecule has 0 spiro atoms. The fourth-order valence-electron chi connectivity index (χ4n) is 2.75. The van der Waals surface area contributed by atoms with E-state index in [2.05, 4.69) is 0 Å². The maximum Gasteiger partial charge on any atom is 0.305 e. The summed E-state index contributed by atoms with van der Waals surface area (Å²) in [6.45, 7) is -0.571. The lowest BCUT2D eigenvalue weighted by Gasteiger charge is -2.40. The van der Waals surface area contributed by atoms with Gasteiger partial charge in [0.15, 0.2) is 6.29 Å². The normalized spacial score (nSPS) is 30.8. The molecule has 0 amide bonds. The lowest BCUT2D eigenvalue weighted by Crippen LogP contribution is -2.59. The van der Waals surface area contributed by atoms with Crippen LogP contribution in [0.15, 0.2) is 30.3 Å². The highest BCUT2D eigenvalue weighted by molar-refractivity contribution is 5.67. The van der Waals surface area contributed by atoms with Gasteiger partial charge in [0.05, 0.1) is 19.1 Å². The number of aryl methyl sites for hydroxylation is 1. The average Bonchev–Trinajstić information content (AvgIpc) is 2.60. The van der Waals surface area contributed by atoms with Crippen LogP contribution in [0.5, 0.6) is 0 Å². The zero-order chi connectivity index (χ0) is 18.4. The van der Waals surface area contributed by atoms with Crippen LogP contribution in [0.1, 0.15) is 18.4 Å². The van der Waals surface area contributed by atoms with Gasteiger partial charge in [-0.15, -0.1) is 0 Å². The third-order valence-electron chi connectivity index (χ3n) is 4.18. The van der Waals surface area contributed by atoms with Crippen molar-refractivity contribution in [2.24, 2.45) is 0 Å². The molecular formula is C17H24O8. The SMILES string of the molecule is O=C(O)C[C@H](CCc1ccccc1)O[C@H]1O[C@@H](CO)[C@@H](O)[C@@H](O)[C@H]1O. The van der Waals surface area contributed by atoms with E-state index in [4.69, 9.17) is 14.6 Å². The Morgan fingerprint density at radius 3 is 2.40 bits per heavy atom. The van der Waals surface area contributed by atoms with Gasteiger partial charge in [0.1, 0.15) is 24.4 Å². The van der Waals surface area contributed by atoms with Gasteiger partial charge in [-0.2, -0.15) is 0 Å². The molecule has 25 heavy (non-hydrogen) atoms. The Kier molecular flexibility index (Phi) is 7.30. The van der Waals surface area contributed by atoms with Gasteiger partial charge in [-0.25, -0.2) is 0 Å². The third-order valence-corrected chi connectivity index (χ3v) is 4.18.